The summed E-state index contributed by atoms with van der Waals surface area (Å²) < 4.78 is 11.0. The van der Waals surface area contributed by atoms with Crippen molar-refractivity contribution in [3.8, 4) is 11.5 Å². The Hall–Kier alpha value is -3.28. The molecule has 3 aromatic rings. The Morgan fingerprint density at radius 3 is 2.65 bits per heavy atom. The predicted octanol–water partition coefficient (Wildman–Crippen LogP) is 4.14. The number of aromatic nitrogens is 1. The van der Waals surface area contributed by atoms with E-state index >= 15 is 0 Å². The highest BCUT2D eigenvalue weighted by molar-refractivity contribution is 6.06. The van der Waals surface area contributed by atoms with Gasteiger partial charge in [-0.15, -0.1) is 0 Å². The summed E-state index contributed by atoms with van der Waals surface area (Å²) in [5.74, 6) is 0.789. The van der Waals surface area contributed by atoms with E-state index in [4.69, 9.17) is 9.26 Å². The van der Waals surface area contributed by atoms with Crippen LogP contribution >= 0.6 is 0 Å². The van der Waals surface area contributed by atoms with Gasteiger partial charge in [-0.3, -0.25) is 4.79 Å². The number of para-hydroxylation sites is 1. The predicted molar refractivity (Wildman–Crippen MR) is 97.5 cm³/mol. The molecule has 1 amide bonds. The number of phenolic OH excluding ortho intramolecular Hbond substituents is 1. The number of phenols is 1. The van der Waals surface area contributed by atoms with E-state index in [1.54, 1.807) is 36.4 Å². The Kier molecular flexibility index (Phi) is 4.93. The molecule has 3 rings (SSSR count). The maximum absolute atomic E-state index is 12.6. The van der Waals surface area contributed by atoms with Crippen LogP contribution in [0.4, 0.5) is 5.69 Å². The van der Waals surface area contributed by atoms with Gasteiger partial charge in [-0.2, -0.15) is 0 Å². The number of ether oxygens (including phenoxy) is 1. The first kappa shape index (κ1) is 17.5. The van der Waals surface area contributed by atoms with Crippen LogP contribution in [0.25, 0.3) is 0 Å². The molecular formula is C20H20N2O4. The number of nitrogens with one attached hydrogen (secondary N) is 1. The summed E-state index contributed by atoms with van der Waals surface area (Å²) in [6.07, 6.45) is 0. The quantitative estimate of drug-likeness (QED) is 0.674. The van der Waals surface area contributed by atoms with Gasteiger partial charge in [-0.25, -0.2) is 0 Å². The molecule has 2 aromatic carbocycles. The van der Waals surface area contributed by atoms with E-state index in [1.165, 1.54) is 0 Å². The molecule has 0 aliphatic heterocycles. The fourth-order valence-corrected chi connectivity index (χ4v) is 2.57. The highest BCUT2D eigenvalue weighted by Gasteiger charge is 2.16. The minimum atomic E-state index is -0.362. The largest absolute Gasteiger partial charge is 0.506 e. The van der Waals surface area contributed by atoms with E-state index < -0.39 is 0 Å². The van der Waals surface area contributed by atoms with Crippen LogP contribution < -0.4 is 10.1 Å². The third kappa shape index (κ3) is 3.69. The van der Waals surface area contributed by atoms with Crippen LogP contribution in [-0.2, 0) is 6.61 Å². The smallest absolute Gasteiger partial charge is 0.259 e. The molecule has 26 heavy (non-hydrogen) atoms. The number of anilines is 1. The van der Waals surface area contributed by atoms with Gasteiger partial charge in [0.15, 0.2) is 0 Å². The molecule has 0 atom stereocenters. The molecule has 6 nitrogen and oxygen atoms in total. The number of hydrogen-bond acceptors (Lipinski definition) is 5. The Morgan fingerprint density at radius 1 is 1.19 bits per heavy atom. The molecule has 1 aromatic heterocycles. The number of aryl methyl sites for hydroxylation is 3. The lowest BCUT2D eigenvalue weighted by Crippen LogP contribution is -2.14. The summed E-state index contributed by atoms with van der Waals surface area (Å²) in [5, 5.41) is 16.6. The average Bonchev–Trinajstić information content (AvgIpc) is 2.94. The topological polar surface area (TPSA) is 84.6 Å². The second kappa shape index (κ2) is 7.31. The summed E-state index contributed by atoms with van der Waals surface area (Å²) in [4.78, 5) is 12.6. The number of aromatic hydroxyl groups is 1. The molecule has 0 radical (unpaired) electrons. The van der Waals surface area contributed by atoms with Gasteiger partial charge in [0.1, 0.15) is 23.9 Å². The lowest BCUT2D eigenvalue weighted by molar-refractivity contribution is 0.102. The zero-order chi connectivity index (χ0) is 18.7. The van der Waals surface area contributed by atoms with Crippen molar-refractivity contribution in [2.24, 2.45) is 0 Å². The zero-order valence-corrected chi connectivity index (χ0v) is 14.9. The molecule has 0 aliphatic carbocycles. The van der Waals surface area contributed by atoms with Crippen LogP contribution in [0.5, 0.6) is 11.5 Å². The minimum Gasteiger partial charge on any atom is -0.506 e. The van der Waals surface area contributed by atoms with Gasteiger partial charge in [-0.1, -0.05) is 23.4 Å². The van der Waals surface area contributed by atoms with Crippen LogP contribution in [0.2, 0.25) is 0 Å². The molecule has 6 heteroatoms. The fraction of sp³-hybridized carbons (Fsp3) is 0.200. The Balaban J connectivity index is 1.79. The normalized spacial score (nSPS) is 10.6. The second-order valence-electron chi connectivity index (χ2n) is 6.06. The molecule has 2 N–H and O–H groups in total. The minimum absolute atomic E-state index is 0.0208. The monoisotopic (exact) mass is 352 g/mol. The van der Waals surface area contributed by atoms with Gasteiger partial charge in [0, 0.05) is 0 Å². The third-order valence-electron chi connectivity index (χ3n) is 4.09. The standard InChI is InChI=1S/C20H20N2O4/c1-12-8-9-17(18(23)10-12)21-20(24)15-6-4-5-7-19(15)25-11-16-13(2)22-26-14(16)3/h4-10,23H,11H2,1-3H3,(H,21,24). The molecule has 0 aliphatic rings. The Morgan fingerprint density at radius 2 is 1.96 bits per heavy atom. The lowest BCUT2D eigenvalue weighted by Gasteiger charge is -2.12. The number of hydrogen-bond donors (Lipinski definition) is 2. The van der Waals surface area contributed by atoms with E-state index in [2.05, 4.69) is 10.5 Å². The van der Waals surface area contributed by atoms with Crippen molar-refractivity contribution in [1.82, 2.24) is 5.16 Å². The van der Waals surface area contributed by atoms with Gasteiger partial charge in [-0.05, 0) is 50.6 Å². The van der Waals surface area contributed by atoms with Crippen molar-refractivity contribution in [3.05, 3.63) is 70.6 Å². The number of rotatable bonds is 5. The van der Waals surface area contributed by atoms with Gasteiger partial charge in [0.2, 0.25) is 0 Å². The first-order valence-electron chi connectivity index (χ1n) is 8.20. The van der Waals surface area contributed by atoms with Crippen molar-refractivity contribution in [3.63, 3.8) is 0 Å². The Labute approximate surface area is 151 Å². The third-order valence-corrected chi connectivity index (χ3v) is 4.09. The summed E-state index contributed by atoms with van der Waals surface area (Å²) in [6.45, 7) is 5.77. The highest BCUT2D eigenvalue weighted by Crippen LogP contribution is 2.27. The molecule has 134 valence electrons. The molecule has 0 bridgehead atoms. The molecule has 0 fully saturated rings. The lowest BCUT2D eigenvalue weighted by atomic mass is 10.1. The van der Waals surface area contributed by atoms with Gasteiger partial charge in [0.05, 0.1) is 22.5 Å². The number of carbonyl (C=O) groups is 1. The molecule has 0 spiro atoms. The number of carbonyl (C=O) groups excluding carboxylic acids is 1. The first-order valence-corrected chi connectivity index (χ1v) is 8.20. The van der Waals surface area contributed by atoms with E-state index in [9.17, 15) is 9.90 Å². The van der Waals surface area contributed by atoms with Crippen LogP contribution in [-0.4, -0.2) is 16.2 Å². The molecule has 0 saturated heterocycles. The van der Waals surface area contributed by atoms with Gasteiger partial charge >= 0.3 is 0 Å². The summed E-state index contributed by atoms with van der Waals surface area (Å²) >= 11 is 0. The molecule has 0 saturated carbocycles. The van der Waals surface area contributed by atoms with Crippen LogP contribution in [0.3, 0.4) is 0 Å². The Bertz CT molecular complexity index is 927. The SMILES string of the molecule is Cc1ccc(NC(=O)c2ccccc2OCc2c(C)noc2C)c(O)c1. The second-order valence-corrected chi connectivity index (χ2v) is 6.06. The zero-order valence-electron chi connectivity index (χ0n) is 14.9. The molecule has 0 unspecified atom stereocenters. The van der Waals surface area contributed by atoms with Crippen LogP contribution in [0, 0.1) is 20.8 Å². The number of nitrogens with zero attached hydrogens (tertiary/aromatic N) is 1. The molecular weight excluding hydrogens is 332 g/mol. The molecule has 1 heterocycles. The van der Waals surface area contributed by atoms with E-state index in [0.717, 1.165) is 16.8 Å². The highest BCUT2D eigenvalue weighted by atomic mass is 16.5. The van der Waals surface area contributed by atoms with Gasteiger partial charge in [0.25, 0.3) is 5.91 Å². The maximum atomic E-state index is 12.6. The summed E-state index contributed by atoms with van der Waals surface area (Å²) in [7, 11) is 0. The fourth-order valence-electron chi connectivity index (χ4n) is 2.57. The maximum Gasteiger partial charge on any atom is 0.259 e. The first-order chi connectivity index (χ1) is 12.5. The average molecular weight is 352 g/mol. The summed E-state index contributed by atoms with van der Waals surface area (Å²) in [6, 6.07) is 12.0. The number of benzene rings is 2. The van der Waals surface area contributed by atoms with Crippen molar-refractivity contribution in [1.29, 1.82) is 0 Å². The van der Waals surface area contributed by atoms with Crippen molar-refractivity contribution >= 4 is 11.6 Å². The van der Waals surface area contributed by atoms with Crippen LogP contribution in [0.1, 0.15) is 32.9 Å². The van der Waals surface area contributed by atoms with Crippen molar-refractivity contribution in [2.45, 2.75) is 27.4 Å². The number of amides is 1. The summed E-state index contributed by atoms with van der Waals surface area (Å²) in [5.41, 5.74) is 3.24. The van der Waals surface area contributed by atoms with E-state index in [-0.39, 0.29) is 18.3 Å². The van der Waals surface area contributed by atoms with Crippen molar-refractivity contribution < 1.29 is 19.2 Å². The van der Waals surface area contributed by atoms with Crippen LogP contribution in [0.15, 0.2) is 47.0 Å². The van der Waals surface area contributed by atoms with Crippen molar-refractivity contribution in [2.75, 3.05) is 5.32 Å². The van der Waals surface area contributed by atoms with E-state index in [0.29, 0.717) is 22.8 Å². The van der Waals surface area contributed by atoms with E-state index in [1.807, 2.05) is 26.8 Å². The van der Waals surface area contributed by atoms with Gasteiger partial charge < -0.3 is 19.7 Å².